The highest BCUT2D eigenvalue weighted by Crippen LogP contribution is 2.44. The molecule has 0 bridgehead atoms. The van der Waals surface area contributed by atoms with Crippen LogP contribution in [0.1, 0.15) is 47.4 Å². The minimum absolute atomic E-state index is 0.0261. The Morgan fingerprint density at radius 2 is 2.22 bits per heavy atom. The van der Waals surface area contributed by atoms with Crippen LogP contribution < -0.4 is 0 Å². The van der Waals surface area contributed by atoms with E-state index in [1.54, 1.807) is 23.3 Å². The predicted molar refractivity (Wildman–Crippen MR) is 93.7 cm³/mol. The molecule has 2 atom stereocenters. The van der Waals surface area contributed by atoms with Crippen LogP contribution >= 0.6 is 11.3 Å². The van der Waals surface area contributed by atoms with E-state index in [1.807, 2.05) is 0 Å². The average Bonchev–Trinajstić information content (AvgIpc) is 3.12. The summed E-state index contributed by atoms with van der Waals surface area (Å²) >= 11 is 1.72. The van der Waals surface area contributed by atoms with Crippen LogP contribution in [0.2, 0.25) is 0 Å². The number of hydrogen-bond acceptors (Lipinski definition) is 3. The molecular weight excluding hydrogens is 304 g/mol. The first-order valence-corrected chi connectivity index (χ1v) is 9.04. The van der Waals surface area contributed by atoms with E-state index in [2.05, 4.69) is 42.6 Å². The van der Waals surface area contributed by atoms with Crippen LogP contribution in [0.4, 0.5) is 0 Å². The van der Waals surface area contributed by atoms with Gasteiger partial charge in [0.2, 0.25) is 5.91 Å². The van der Waals surface area contributed by atoms with Crippen LogP contribution in [0.25, 0.3) is 0 Å². The predicted octanol–water partition coefficient (Wildman–Crippen LogP) is 4.32. The van der Waals surface area contributed by atoms with Gasteiger partial charge in [-0.15, -0.1) is 11.3 Å². The minimum Gasteiger partial charge on any atom is -0.273 e. The van der Waals surface area contributed by atoms with E-state index < -0.39 is 0 Å². The zero-order valence-electron chi connectivity index (χ0n) is 13.5. The zero-order valence-corrected chi connectivity index (χ0v) is 14.3. The third-order valence-electron chi connectivity index (χ3n) is 4.87. The lowest BCUT2D eigenvalue weighted by molar-refractivity contribution is -0.131. The maximum absolute atomic E-state index is 12.2. The summed E-state index contributed by atoms with van der Waals surface area (Å²) < 4.78 is 0. The SMILES string of the molecule is CC(=O)N1N=C2c3cc(C)ccc3CCC[C@H]2[C@H]1c1cccs1. The molecule has 0 saturated carbocycles. The summed E-state index contributed by atoms with van der Waals surface area (Å²) in [5.41, 5.74) is 4.97. The smallest absolute Gasteiger partial charge is 0.240 e. The van der Waals surface area contributed by atoms with Crippen LogP contribution in [0, 0.1) is 12.8 Å². The Kier molecular flexibility index (Phi) is 3.57. The molecule has 0 radical (unpaired) electrons. The largest absolute Gasteiger partial charge is 0.273 e. The lowest BCUT2D eigenvalue weighted by atomic mass is 9.87. The first kappa shape index (κ1) is 14.6. The number of hydrogen-bond donors (Lipinski definition) is 0. The summed E-state index contributed by atoms with van der Waals surface area (Å²) in [7, 11) is 0. The van der Waals surface area contributed by atoms with Gasteiger partial charge in [-0.3, -0.25) is 4.79 Å². The molecule has 4 heteroatoms. The van der Waals surface area contributed by atoms with Crippen molar-refractivity contribution in [2.75, 3.05) is 0 Å². The van der Waals surface area contributed by atoms with Gasteiger partial charge in [-0.05, 0) is 49.3 Å². The maximum atomic E-state index is 12.2. The Labute approximate surface area is 140 Å². The minimum atomic E-state index is 0.0261. The number of carbonyl (C=O) groups is 1. The van der Waals surface area contributed by atoms with Gasteiger partial charge in [0.05, 0.1) is 11.8 Å². The summed E-state index contributed by atoms with van der Waals surface area (Å²) in [5, 5.41) is 8.59. The van der Waals surface area contributed by atoms with Crippen molar-refractivity contribution in [2.45, 2.75) is 39.2 Å². The van der Waals surface area contributed by atoms with Crippen molar-refractivity contribution in [1.82, 2.24) is 5.01 Å². The van der Waals surface area contributed by atoms with E-state index in [1.165, 1.54) is 21.6 Å². The van der Waals surface area contributed by atoms with Crippen molar-refractivity contribution in [2.24, 2.45) is 11.0 Å². The molecule has 0 fully saturated rings. The van der Waals surface area contributed by atoms with Crippen molar-refractivity contribution >= 4 is 23.0 Å². The number of rotatable bonds is 1. The van der Waals surface area contributed by atoms with Crippen LogP contribution in [0.15, 0.2) is 40.8 Å². The molecule has 0 spiro atoms. The Hall–Kier alpha value is -1.94. The fourth-order valence-corrected chi connectivity index (χ4v) is 4.70. The van der Waals surface area contributed by atoms with E-state index in [0.29, 0.717) is 5.92 Å². The molecule has 1 amide bonds. The number of amides is 1. The highest BCUT2D eigenvalue weighted by Gasteiger charge is 2.42. The second-order valence-corrected chi connectivity index (χ2v) is 7.45. The van der Waals surface area contributed by atoms with Crippen LogP contribution in [-0.2, 0) is 11.2 Å². The number of benzene rings is 1. The molecule has 2 heterocycles. The molecule has 4 rings (SSSR count). The molecule has 2 aliphatic rings. The van der Waals surface area contributed by atoms with Gasteiger partial charge in [0.15, 0.2) is 0 Å². The highest BCUT2D eigenvalue weighted by molar-refractivity contribution is 7.10. The second-order valence-electron chi connectivity index (χ2n) is 6.47. The van der Waals surface area contributed by atoms with Crippen molar-refractivity contribution < 1.29 is 4.79 Å². The molecule has 1 aromatic carbocycles. The monoisotopic (exact) mass is 324 g/mol. The van der Waals surface area contributed by atoms with Gasteiger partial charge in [0.25, 0.3) is 0 Å². The molecule has 1 aliphatic heterocycles. The summed E-state index contributed by atoms with van der Waals surface area (Å²) in [6.45, 7) is 3.74. The first-order chi connectivity index (χ1) is 11.1. The van der Waals surface area contributed by atoms with Gasteiger partial charge in [0.1, 0.15) is 0 Å². The molecule has 1 aliphatic carbocycles. The molecule has 3 nitrogen and oxygen atoms in total. The highest BCUT2D eigenvalue weighted by atomic mass is 32.1. The van der Waals surface area contributed by atoms with Crippen molar-refractivity contribution in [3.63, 3.8) is 0 Å². The van der Waals surface area contributed by atoms with E-state index in [-0.39, 0.29) is 11.9 Å². The van der Waals surface area contributed by atoms with Crippen LogP contribution in [-0.4, -0.2) is 16.6 Å². The van der Waals surface area contributed by atoms with Gasteiger partial charge in [-0.25, -0.2) is 5.01 Å². The van der Waals surface area contributed by atoms with E-state index in [9.17, 15) is 4.79 Å². The third kappa shape index (κ3) is 2.41. The number of fused-ring (bicyclic) bond motifs is 3. The zero-order chi connectivity index (χ0) is 16.0. The molecule has 118 valence electrons. The summed E-state index contributed by atoms with van der Waals surface area (Å²) in [4.78, 5) is 13.4. The fraction of sp³-hybridized carbons (Fsp3) is 0.368. The number of thiophene rings is 1. The second kappa shape index (κ2) is 5.60. The summed E-state index contributed by atoms with van der Waals surface area (Å²) in [6, 6.07) is 10.9. The lowest BCUT2D eigenvalue weighted by Gasteiger charge is -2.24. The van der Waals surface area contributed by atoms with Crippen LogP contribution in [0.3, 0.4) is 0 Å². The molecule has 1 aromatic heterocycles. The third-order valence-corrected chi connectivity index (χ3v) is 5.81. The van der Waals surface area contributed by atoms with E-state index in [4.69, 9.17) is 5.10 Å². The molecule has 0 unspecified atom stereocenters. The molecule has 0 saturated heterocycles. The number of carbonyl (C=O) groups excluding carboxylic acids is 1. The molecule has 2 aromatic rings. The van der Waals surface area contributed by atoms with Gasteiger partial charge >= 0.3 is 0 Å². The van der Waals surface area contributed by atoms with E-state index >= 15 is 0 Å². The quantitative estimate of drug-likeness (QED) is 0.769. The Balaban J connectivity index is 1.85. The fourth-order valence-electron chi connectivity index (χ4n) is 3.82. The first-order valence-electron chi connectivity index (χ1n) is 8.17. The average molecular weight is 324 g/mol. The standard InChI is InChI=1S/C19H20N2OS/c1-12-8-9-14-5-3-6-15-18(16(14)11-12)20-21(13(2)22)19(15)17-7-4-10-23-17/h4,7-11,15,19H,3,5-6H2,1-2H3/t15-,19+/m1/s1. The Morgan fingerprint density at radius 3 is 2.96 bits per heavy atom. The van der Waals surface area contributed by atoms with Gasteiger partial charge in [-0.2, -0.15) is 5.10 Å². The number of nitrogens with zero attached hydrogens (tertiary/aromatic N) is 2. The van der Waals surface area contributed by atoms with Crippen molar-refractivity contribution in [3.8, 4) is 0 Å². The summed E-state index contributed by atoms with van der Waals surface area (Å²) in [6.07, 6.45) is 3.33. The Bertz CT molecular complexity index is 779. The van der Waals surface area contributed by atoms with Gasteiger partial charge in [0, 0.05) is 23.3 Å². The Morgan fingerprint density at radius 1 is 1.35 bits per heavy atom. The number of aryl methyl sites for hydroxylation is 2. The lowest BCUT2D eigenvalue weighted by Crippen LogP contribution is -2.28. The number of hydrazone groups is 1. The maximum Gasteiger partial charge on any atom is 0.240 e. The van der Waals surface area contributed by atoms with Gasteiger partial charge < -0.3 is 0 Å². The van der Waals surface area contributed by atoms with Crippen molar-refractivity contribution in [1.29, 1.82) is 0 Å². The molecular formula is C19H20N2OS. The van der Waals surface area contributed by atoms with Gasteiger partial charge in [-0.1, -0.05) is 23.8 Å². The normalized spacial score (nSPS) is 23.0. The van der Waals surface area contributed by atoms with Crippen LogP contribution in [0.5, 0.6) is 0 Å². The van der Waals surface area contributed by atoms with E-state index in [0.717, 1.165) is 25.0 Å². The van der Waals surface area contributed by atoms with Crippen molar-refractivity contribution in [3.05, 3.63) is 57.3 Å². The molecule has 0 N–H and O–H groups in total. The summed E-state index contributed by atoms with van der Waals surface area (Å²) in [5.74, 6) is 0.332. The molecule has 23 heavy (non-hydrogen) atoms. The topological polar surface area (TPSA) is 32.7 Å².